The Labute approximate surface area is 133 Å². The Balaban J connectivity index is -0.000000183. The molecule has 7 nitrogen and oxygen atoms in total. The van der Waals surface area contributed by atoms with E-state index in [0.717, 1.165) is 5.56 Å². The first-order valence-electron chi connectivity index (χ1n) is 5.20. The predicted molar refractivity (Wildman–Crippen MR) is 71.5 cm³/mol. The van der Waals surface area contributed by atoms with E-state index in [1.807, 2.05) is 20.4 Å². The number of aliphatic hydroxyl groups excluding tert-OH is 2. The number of ether oxygens (including phenoxy) is 1. The van der Waals surface area contributed by atoms with Gasteiger partial charge in [0.1, 0.15) is 33.1 Å². The van der Waals surface area contributed by atoms with Gasteiger partial charge in [-0.1, -0.05) is 6.92 Å². The van der Waals surface area contributed by atoms with E-state index < -0.39 is 18.7 Å². The SMILES string of the molecule is C=O.C=O.C=O.Cc1ccc[c-]1C(=O)OCC(O)CO.[Mn]. The van der Waals surface area contributed by atoms with Crippen LogP contribution in [0.25, 0.3) is 0 Å². The summed E-state index contributed by atoms with van der Waals surface area (Å²) < 4.78 is 4.77. The number of aryl methyl sites for hydroxylation is 1. The molecule has 8 heteroatoms. The van der Waals surface area contributed by atoms with E-state index in [2.05, 4.69) is 0 Å². The number of carbonyl (C=O) groups excluding carboxylic acids is 4. The summed E-state index contributed by atoms with van der Waals surface area (Å²) in [6, 6.07) is 5.22. The summed E-state index contributed by atoms with van der Waals surface area (Å²) in [7, 11) is 0. The first kappa shape index (κ1) is 27.6. The van der Waals surface area contributed by atoms with Crippen LogP contribution in [-0.4, -0.2) is 55.9 Å². The molecule has 0 fully saturated rings. The first-order chi connectivity index (χ1) is 9.65. The molecule has 0 aliphatic rings. The molecule has 0 saturated heterocycles. The van der Waals surface area contributed by atoms with Crippen molar-refractivity contribution in [2.24, 2.45) is 0 Å². The van der Waals surface area contributed by atoms with Gasteiger partial charge >= 0.3 is 0 Å². The summed E-state index contributed by atoms with van der Waals surface area (Å²) in [5.41, 5.74) is 1.34. The summed E-state index contributed by atoms with van der Waals surface area (Å²) in [5.74, 6) is -0.472. The van der Waals surface area contributed by atoms with Gasteiger partial charge in [-0.25, -0.2) is 12.1 Å². The quantitative estimate of drug-likeness (QED) is 0.437. The fourth-order valence-electron chi connectivity index (χ4n) is 1.04. The van der Waals surface area contributed by atoms with Crippen molar-refractivity contribution in [3.05, 3.63) is 29.3 Å². The maximum atomic E-state index is 11.3. The van der Waals surface area contributed by atoms with Crippen LogP contribution in [0, 0.1) is 6.92 Å². The average molecular weight is 342 g/mol. The zero-order chi connectivity index (χ0) is 16.6. The Bertz CT molecular complexity index is 349. The molecule has 1 rings (SSSR count). The number of rotatable bonds is 4. The predicted octanol–water partition coefficient (Wildman–Crippen LogP) is -0.333. The van der Waals surface area contributed by atoms with Crippen LogP contribution in [-0.2, 0) is 36.2 Å². The molecular weight excluding hydrogens is 323 g/mol. The van der Waals surface area contributed by atoms with Crippen molar-refractivity contribution in [1.29, 1.82) is 0 Å². The van der Waals surface area contributed by atoms with Gasteiger partial charge in [-0.15, -0.1) is 0 Å². The monoisotopic (exact) mass is 342 g/mol. The van der Waals surface area contributed by atoms with E-state index in [4.69, 9.17) is 29.3 Å². The Morgan fingerprint density at radius 1 is 1.29 bits per heavy atom. The molecular formula is C13H19MnO7-. The third-order valence-electron chi connectivity index (χ3n) is 1.87. The minimum absolute atomic E-state index is 0. The number of hydrogen-bond donors (Lipinski definition) is 2. The maximum absolute atomic E-state index is 11.3. The van der Waals surface area contributed by atoms with E-state index in [1.54, 1.807) is 25.1 Å². The van der Waals surface area contributed by atoms with Crippen LogP contribution in [0.2, 0.25) is 0 Å². The van der Waals surface area contributed by atoms with Crippen molar-refractivity contribution in [3.63, 3.8) is 0 Å². The molecule has 1 aromatic rings. The summed E-state index contributed by atoms with van der Waals surface area (Å²) in [6.07, 6.45) is -1.01. The molecule has 0 aliphatic heterocycles. The molecule has 0 aromatic heterocycles. The largest absolute Gasteiger partial charge is 0.468 e. The summed E-state index contributed by atoms with van der Waals surface area (Å²) in [6.45, 7) is 7.21. The van der Waals surface area contributed by atoms with E-state index >= 15 is 0 Å². The topological polar surface area (TPSA) is 118 Å². The second kappa shape index (κ2) is 20.6. The molecule has 1 atom stereocenters. The molecule has 0 spiro atoms. The van der Waals surface area contributed by atoms with Crippen molar-refractivity contribution in [2.75, 3.05) is 13.2 Å². The van der Waals surface area contributed by atoms with Gasteiger partial charge in [0.2, 0.25) is 0 Å². The summed E-state index contributed by atoms with van der Waals surface area (Å²) in [4.78, 5) is 35.3. The third-order valence-corrected chi connectivity index (χ3v) is 1.87. The molecule has 0 heterocycles. The van der Waals surface area contributed by atoms with Gasteiger partial charge in [-0.3, -0.25) is 4.79 Å². The number of carbonyl (C=O) groups is 4. The molecule has 1 radical (unpaired) electrons. The van der Waals surface area contributed by atoms with Gasteiger partial charge < -0.3 is 29.3 Å². The van der Waals surface area contributed by atoms with Crippen LogP contribution in [0.5, 0.6) is 0 Å². The second-order valence-electron chi connectivity index (χ2n) is 3.06. The Kier molecular flexibility index (Phi) is 27.0. The van der Waals surface area contributed by atoms with Gasteiger partial charge in [0.05, 0.1) is 6.61 Å². The Hall–Kier alpha value is -1.73. The van der Waals surface area contributed by atoms with Crippen LogP contribution < -0.4 is 0 Å². The van der Waals surface area contributed by atoms with Gasteiger partial charge in [0, 0.05) is 17.1 Å². The van der Waals surface area contributed by atoms with Crippen LogP contribution in [0.4, 0.5) is 0 Å². The molecule has 0 bridgehead atoms. The molecule has 1 unspecified atom stereocenters. The smallest absolute Gasteiger partial charge is 0.281 e. The summed E-state index contributed by atoms with van der Waals surface area (Å²) >= 11 is 0. The third kappa shape index (κ3) is 13.0. The minimum atomic E-state index is -1.01. The van der Waals surface area contributed by atoms with E-state index in [-0.39, 0.29) is 23.7 Å². The summed E-state index contributed by atoms with van der Waals surface area (Å²) in [5, 5.41) is 17.4. The number of aliphatic hydroxyl groups is 2. The van der Waals surface area contributed by atoms with Crippen molar-refractivity contribution in [2.45, 2.75) is 13.0 Å². The molecule has 0 amide bonds. The van der Waals surface area contributed by atoms with Gasteiger partial charge in [-0.2, -0.15) is 11.6 Å². The van der Waals surface area contributed by atoms with Crippen molar-refractivity contribution in [1.82, 2.24) is 0 Å². The average Bonchev–Trinajstić information content (AvgIpc) is 2.96. The second-order valence-corrected chi connectivity index (χ2v) is 3.06. The van der Waals surface area contributed by atoms with Crippen molar-refractivity contribution >= 4 is 26.3 Å². The molecule has 2 N–H and O–H groups in total. The molecule has 1 aromatic carbocycles. The van der Waals surface area contributed by atoms with Gasteiger partial charge in [0.15, 0.2) is 0 Å². The van der Waals surface area contributed by atoms with Crippen molar-refractivity contribution < 1.29 is 51.2 Å². The fourth-order valence-corrected chi connectivity index (χ4v) is 1.04. The Morgan fingerprint density at radius 2 is 1.76 bits per heavy atom. The van der Waals surface area contributed by atoms with Crippen molar-refractivity contribution in [3.8, 4) is 0 Å². The standard InChI is InChI=1S/C10H13O4.3CH2O.Mn/c1-7-3-2-4-9(7)10(13)14-6-8(12)5-11;3*1-2;/h2-4,8,11-12H,5-6H2,1H3;3*1H2;/q-1;;;;. The molecule has 121 valence electrons. The van der Waals surface area contributed by atoms with Gasteiger partial charge in [0.25, 0.3) is 5.97 Å². The minimum Gasteiger partial charge on any atom is -0.468 e. The zero-order valence-electron chi connectivity index (χ0n) is 11.7. The van der Waals surface area contributed by atoms with Crippen LogP contribution in [0.1, 0.15) is 15.9 Å². The van der Waals surface area contributed by atoms with Crippen LogP contribution in [0.3, 0.4) is 0 Å². The van der Waals surface area contributed by atoms with E-state index in [0.29, 0.717) is 5.56 Å². The normalized spacial score (nSPS) is 8.90. The molecule has 0 saturated carbocycles. The number of hydrogen-bond acceptors (Lipinski definition) is 7. The van der Waals surface area contributed by atoms with Crippen LogP contribution >= 0.6 is 0 Å². The molecule has 21 heavy (non-hydrogen) atoms. The van der Waals surface area contributed by atoms with Crippen LogP contribution in [0.15, 0.2) is 18.2 Å². The van der Waals surface area contributed by atoms with E-state index in [9.17, 15) is 4.79 Å². The van der Waals surface area contributed by atoms with E-state index in [1.165, 1.54) is 0 Å². The Morgan fingerprint density at radius 3 is 2.10 bits per heavy atom. The number of esters is 1. The van der Waals surface area contributed by atoms with Gasteiger partial charge in [-0.05, 0) is 5.56 Å². The fraction of sp³-hybridized carbons (Fsp3) is 0.308. The first-order valence-corrected chi connectivity index (χ1v) is 5.20. The zero-order valence-corrected chi connectivity index (χ0v) is 12.8. The molecule has 0 aliphatic carbocycles. The maximum Gasteiger partial charge on any atom is 0.281 e.